The molecule has 2 aromatic rings. The van der Waals surface area contributed by atoms with Crippen molar-refractivity contribution in [3.8, 4) is 0 Å². The Hall–Kier alpha value is -2.54. The van der Waals surface area contributed by atoms with Gasteiger partial charge in [-0.2, -0.15) is 0 Å². The van der Waals surface area contributed by atoms with Crippen molar-refractivity contribution in [2.75, 3.05) is 46.0 Å². The molecule has 1 aromatic carbocycles. The number of rotatable bonds is 8. The predicted octanol–water partition coefficient (Wildman–Crippen LogP) is 1.99. The molecule has 3 rings (SSSR count). The highest BCUT2D eigenvalue weighted by molar-refractivity contribution is 5.83. The summed E-state index contributed by atoms with van der Waals surface area (Å²) in [5, 5.41) is 9.50. The van der Waals surface area contributed by atoms with Crippen molar-refractivity contribution in [3.63, 3.8) is 0 Å². The van der Waals surface area contributed by atoms with Crippen LogP contribution in [0.3, 0.4) is 0 Å². The fraction of sp³-hybridized carbons (Fsp3) is 0.364. The van der Waals surface area contributed by atoms with Gasteiger partial charge in [-0.15, -0.1) is 0 Å². The molecule has 1 aromatic heterocycles. The highest BCUT2D eigenvalue weighted by atomic mass is 16.5. The van der Waals surface area contributed by atoms with Crippen LogP contribution in [-0.4, -0.2) is 71.8 Å². The first-order chi connectivity index (χ1) is 13.8. The molecule has 0 spiro atoms. The quantitative estimate of drug-likeness (QED) is 0.758. The van der Waals surface area contributed by atoms with E-state index in [1.165, 1.54) is 0 Å². The summed E-state index contributed by atoms with van der Waals surface area (Å²) < 4.78 is 5.45. The van der Waals surface area contributed by atoms with E-state index in [1.54, 1.807) is 17.3 Å². The van der Waals surface area contributed by atoms with Crippen molar-refractivity contribution < 1.29 is 14.6 Å². The zero-order valence-electron chi connectivity index (χ0n) is 16.0. The molecule has 0 saturated carbocycles. The minimum atomic E-state index is -0.422. The van der Waals surface area contributed by atoms with E-state index < -0.39 is 6.04 Å². The molecule has 1 amide bonds. The number of aliphatic hydroxyl groups is 1. The molecule has 0 radical (unpaired) electrons. The molecular formula is C22H27N3O3. The number of aromatic nitrogens is 1. The number of nitrogens with zero attached hydrogens (tertiary/aromatic N) is 3. The number of benzene rings is 1. The summed E-state index contributed by atoms with van der Waals surface area (Å²) in [6.45, 7) is 3.26. The Balaban J connectivity index is 1.78. The van der Waals surface area contributed by atoms with Crippen LogP contribution in [0, 0.1) is 0 Å². The minimum Gasteiger partial charge on any atom is -0.395 e. The van der Waals surface area contributed by atoms with E-state index in [0.717, 1.165) is 11.1 Å². The molecule has 6 heteroatoms. The normalized spacial score (nSPS) is 16.2. The average Bonchev–Trinajstić information content (AvgIpc) is 2.75. The number of carbonyl (C=O) groups is 1. The van der Waals surface area contributed by atoms with Crippen LogP contribution in [0.4, 0.5) is 0 Å². The Morgan fingerprint density at radius 2 is 2.00 bits per heavy atom. The van der Waals surface area contributed by atoms with E-state index in [1.807, 2.05) is 54.6 Å². The largest absolute Gasteiger partial charge is 0.395 e. The summed E-state index contributed by atoms with van der Waals surface area (Å²) in [5.74, 6) is -0.0262. The topological polar surface area (TPSA) is 65.9 Å². The number of morpholine rings is 1. The number of ether oxygens (including phenoxy) is 1. The summed E-state index contributed by atoms with van der Waals surface area (Å²) >= 11 is 0. The van der Waals surface area contributed by atoms with Crippen LogP contribution >= 0.6 is 0 Å². The number of carbonyl (C=O) groups excluding carboxylic acids is 1. The van der Waals surface area contributed by atoms with Gasteiger partial charge in [0, 0.05) is 38.6 Å². The molecule has 1 fully saturated rings. The Labute approximate surface area is 166 Å². The molecular weight excluding hydrogens is 354 g/mol. The van der Waals surface area contributed by atoms with Crippen molar-refractivity contribution in [2.45, 2.75) is 6.04 Å². The van der Waals surface area contributed by atoms with E-state index in [-0.39, 0.29) is 12.5 Å². The zero-order chi connectivity index (χ0) is 19.6. The van der Waals surface area contributed by atoms with E-state index >= 15 is 0 Å². The first-order valence-electron chi connectivity index (χ1n) is 9.62. The Kier molecular flexibility index (Phi) is 7.72. The van der Waals surface area contributed by atoms with Gasteiger partial charge in [0.25, 0.3) is 0 Å². The lowest BCUT2D eigenvalue weighted by molar-refractivity contribution is -0.139. The number of amides is 1. The molecule has 0 bridgehead atoms. The highest BCUT2D eigenvalue weighted by Crippen LogP contribution is 2.24. The molecule has 1 aliphatic heterocycles. The van der Waals surface area contributed by atoms with Crippen LogP contribution in [0.2, 0.25) is 0 Å². The lowest BCUT2D eigenvalue weighted by atomic mass is 10.0. The van der Waals surface area contributed by atoms with Crippen molar-refractivity contribution in [1.29, 1.82) is 0 Å². The smallest absolute Gasteiger partial charge is 0.244 e. The van der Waals surface area contributed by atoms with Crippen LogP contribution < -0.4 is 0 Å². The monoisotopic (exact) mass is 381 g/mol. The maximum Gasteiger partial charge on any atom is 0.244 e. The maximum atomic E-state index is 13.4. The highest BCUT2D eigenvalue weighted by Gasteiger charge is 2.32. The van der Waals surface area contributed by atoms with Gasteiger partial charge in [0.1, 0.15) is 6.04 Å². The second-order valence-corrected chi connectivity index (χ2v) is 6.66. The van der Waals surface area contributed by atoms with Gasteiger partial charge in [0.05, 0.1) is 19.8 Å². The molecule has 6 nitrogen and oxygen atoms in total. The number of hydrogen-bond acceptors (Lipinski definition) is 5. The third kappa shape index (κ3) is 5.48. The third-order valence-corrected chi connectivity index (χ3v) is 4.76. The first kappa shape index (κ1) is 20.2. The van der Waals surface area contributed by atoms with Crippen molar-refractivity contribution in [2.24, 2.45) is 0 Å². The first-order valence-corrected chi connectivity index (χ1v) is 9.62. The fourth-order valence-electron chi connectivity index (χ4n) is 3.35. The summed E-state index contributed by atoms with van der Waals surface area (Å²) in [6.07, 6.45) is 7.40. The van der Waals surface area contributed by atoms with E-state index in [4.69, 9.17) is 4.74 Å². The minimum absolute atomic E-state index is 0.0262. The van der Waals surface area contributed by atoms with E-state index in [0.29, 0.717) is 39.4 Å². The summed E-state index contributed by atoms with van der Waals surface area (Å²) in [7, 11) is 0. The third-order valence-electron chi connectivity index (χ3n) is 4.76. The maximum absolute atomic E-state index is 13.4. The fourth-order valence-corrected chi connectivity index (χ4v) is 3.35. The van der Waals surface area contributed by atoms with Gasteiger partial charge in [-0.05, 0) is 17.2 Å². The van der Waals surface area contributed by atoms with Gasteiger partial charge in [0.15, 0.2) is 0 Å². The second kappa shape index (κ2) is 10.7. The molecule has 2 heterocycles. The van der Waals surface area contributed by atoms with Crippen LogP contribution in [0.15, 0.2) is 60.9 Å². The van der Waals surface area contributed by atoms with Gasteiger partial charge in [-0.25, -0.2) is 0 Å². The lowest BCUT2D eigenvalue weighted by Crippen LogP contribution is -2.48. The predicted molar refractivity (Wildman–Crippen MR) is 109 cm³/mol. The SMILES string of the molecule is O=C(C(c1cccnc1)N1CCOCC1)N(CC=Cc1ccccc1)CCO. The Morgan fingerprint density at radius 3 is 2.68 bits per heavy atom. The lowest BCUT2D eigenvalue weighted by Gasteiger charge is -2.36. The summed E-state index contributed by atoms with van der Waals surface area (Å²) in [4.78, 5) is 21.5. The van der Waals surface area contributed by atoms with Crippen molar-refractivity contribution >= 4 is 12.0 Å². The van der Waals surface area contributed by atoms with Gasteiger partial charge in [-0.3, -0.25) is 14.7 Å². The Morgan fingerprint density at radius 1 is 1.21 bits per heavy atom. The number of aliphatic hydroxyl groups excluding tert-OH is 1. The van der Waals surface area contributed by atoms with Gasteiger partial charge in [-0.1, -0.05) is 48.6 Å². The molecule has 148 valence electrons. The number of hydrogen-bond donors (Lipinski definition) is 1. The van der Waals surface area contributed by atoms with E-state index in [9.17, 15) is 9.90 Å². The zero-order valence-corrected chi connectivity index (χ0v) is 16.0. The molecule has 1 unspecified atom stereocenters. The summed E-state index contributed by atoms with van der Waals surface area (Å²) in [6, 6.07) is 13.3. The standard InChI is InChI=1S/C22H27N3O3/c26-15-12-25(11-5-8-19-6-2-1-3-7-19)22(27)21(20-9-4-10-23-18-20)24-13-16-28-17-14-24/h1-10,18,21,26H,11-17H2. The number of pyridine rings is 1. The second-order valence-electron chi connectivity index (χ2n) is 6.66. The average molecular weight is 381 g/mol. The molecule has 1 N–H and O–H groups in total. The molecule has 1 saturated heterocycles. The Bertz CT molecular complexity index is 746. The van der Waals surface area contributed by atoms with Gasteiger partial charge >= 0.3 is 0 Å². The molecule has 0 aliphatic carbocycles. The summed E-state index contributed by atoms with van der Waals surface area (Å²) in [5.41, 5.74) is 1.94. The van der Waals surface area contributed by atoms with Gasteiger partial charge < -0.3 is 14.7 Å². The molecule has 28 heavy (non-hydrogen) atoms. The van der Waals surface area contributed by atoms with Gasteiger partial charge in [0.2, 0.25) is 5.91 Å². The van der Waals surface area contributed by atoms with E-state index in [2.05, 4.69) is 9.88 Å². The molecule has 1 aliphatic rings. The van der Waals surface area contributed by atoms with Crippen LogP contribution in [-0.2, 0) is 9.53 Å². The van der Waals surface area contributed by atoms with Crippen LogP contribution in [0.1, 0.15) is 17.2 Å². The van der Waals surface area contributed by atoms with Crippen LogP contribution in [0.25, 0.3) is 6.08 Å². The molecule has 1 atom stereocenters. The van der Waals surface area contributed by atoms with Crippen molar-refractivity contribution in [3.05, 3.63) is 72.1 Å². The van der Waals surface area contributed by atoms with Crippen molar-refractivity contribution in [1.82, 2.24) is 14.8 Å². The van der Waals surface area contributed by atoms with Crippen LogP contribution in [0.5, 0.6) is 0 Å².